The number of benzene rings is 1. The monoisotopic (exact) mass is 308 g/mol. The van der Waals surface area contributed by atoms with Crippen molar-refractivity contribution >= 4 is 39.4 Å². The molecule has 0 unspecified atom stereocenters. The van der Waals surface area contributed by atoms with Crippen LogP contribution in [-0.2, 0) is 0 Å². The van der Waals surface area contributed by atoms with Gasteiger partial charge in [-0.1, -0.05) is 22.0 Å². The van der Waals surface area contributed by atoms with E-state index < -0.39 is 0 Å². The zero-order valence-corrected chi connectivity index (χ0v) is 11.2. The SMILES string of the molecule is O=C(NN=Cc1ccsc1)c1cccc(Br)c1. The van der Waals surface area contributed by atoms with Crippen molar-refractivity contribution in [1.29, 1.82) is 0 Å². The zero-order valence-electron chi connectivity index (χ0n) is 8.76. The van der Waals surface area contributed by atoms with Crippen LogP contribution in [0.15, 0.2) is 50.7 Å². The van der Waals surface area contributed by atoms with Crippen LogP contribution >= 0.6 is 27.3 Å². The number of hydrogen-bond acceptors (Lipinski definition) is 3. The predicted molar refractivity (Wildman–Crippen MR) is 73.5 cm³/mol. The maximum Gasteiger partial charge on any atom is 0.271 e. The lowest BCUT2D eigenvalue weighted by atomic mass is 10.2. The minimum Gasteiger partial charge on any atom is -0.267 e. The van der Waals surface area contributed by atoms with E-state index in [0.29, 0.717) is 5.56 Å². The van der Waals surface area contributed by atoms with Gasteiger partial charge in [-0.05, 0) is 35.0 Å². The molecule has 0 saturated heterocycles. The predicted octanol–water partition coefficient (Wildman–Crippen LogP) is 3.27. The molecule has 1 aromatic carbocycles. The van der Waals surface area contributed by atoms with Crippen LogP contribution < -0.4 is 5.43 Å². The first-order valence-corrected chi connectivity index (χ1v) is 6.60. The van der Waals surface area contributed by atoms with Gasteiger partial charge in [-0.25, -0.2) is 5.43 Å². The molecule has 1 amide bonds. The number of nitrogens with one attached hydrogen (secondary N) is 1. The second kappa shape index (κ2) is 5.75. The first-order valence-electron chi connectivity index (χ1n) is 4.87. The lowest BCUT2D eigenvalue weighted by Crippen LogP contribution is -2.17. The molecule has 86 valence electrons. The van der Waals surface area contributed by atoms with Gasteiger partial charge in [0.15, 0.2) is 0 Å². The normalized spacial score (nSPS) is 10.6. The number of thiophene rings is 1. The summed E-state index contributed by atoms with van der Waals surface area (Å²) in [6, 6.07) is 9.09. The highest BCUT2D eigenvalue weighted by Crippen LogP contribution is 2.11. The van der Waals surface area contributed by atoms with Crippen molar-refractivity contribution in [3.05, 3.63) is 56.7 Å². The van der Waals surface area contributed by atoms with E-state index in [1.807, 2.05) is 29.0 Å². The van der Waals surface area contributed by atoms with E-state index in [4.69, 9.17) is 0 Å². The Bertz CT molecular complexity index is 537. The average molecular weight is 309 g/mol. The second-order valence-corrected chi connectivity index (χ2v) is 4.96. The van der Waals surface area contributed by atoms with Crippen LogP contribution in [0.3, 0.4) is 0 Å². The Morgan fingerprint density at radius 1 is 1.41 bits per heavy atom. The number of rotatable bonds is 3. The Balaban J connectivity index is 1.98. The van der Waals surface area contributed by atoms with E-state index in [-0.39, 0.29) is 5.91 Å². The van der Waals surface area contributed by atoms with Gasteiger partial charge in [-0.3, -0.25) is 4.79 Å². The molecule has 3 nitrogen and oxygen atoms in total. The molecule has 0 spiro atoms. The van der Waals surface area contributed by atoms with Crippen molar-refractivity contribution in [3.8, 4) is 0 Å². The molecular formula is C12H9BrN2OS. The first kappa shape index (κ1) is 12.0. The molecular weight excluding hydrogens is 300 g/mol. The minimum atomic E-state index is -0.224. The van der Waals surface area contributed by atoms with Crippen molar-refractivity contribution < 1.29 is 4.79 Å². The van der Waals surface area contributed by atoms with Gasteiger partial charge in [0.1, 0.15) is 0 Å². The third-order valence-corrected chi connectivity index (χ3v) is 3.20. The lowest BCUT2D eigenvalue weighted by Gasteiger charge is -1.99. The maximum absolute atomic E-state index is 11.7. The highest BCUT2D eigenvalue weighted by molar-refractivity contribution is 9.10. The van der Waals surface area contributed by atoms with E-state index in [1.54, 1.807) is 29.7 Å². The lowest BCUT2D eigenvalue weighted by molar-refractivity contribution is 0.0955. The molecule has 0 aliphatic carbocycles. The summed E-state index contributed by atoms with van der Waals surface area (Å²) in [5.74, 6) is -0.224. The Kier molecular flexibility index (Phi) is 4.06. The van der Waals surface area contributed by atoms with Crippen molar-refractivity contribution in [2.75, 3.05) is 0 Å². The molecule has 0 saturated carbocycles. The van der Waals surface area contributed by atoms with Crippen LogP contribution in [0.25, 0.3) is 0 Å². The number of nitrogens with zero attached hydrogens (tertiary/aromatic N) is 1. The standard InChI is InChI=1S/C12H9BrN2OS/c13-11-3-1-2-10(6-11)12(16)15-14-7-9-4-5-17-8-9/h1-8H,(H,15,16). The summed E-state index contributed by atoms with van der Waals surface area (Å²) in [6.07, 6.45) is 1.62. The summed E-state index contributed by atoms with van der Waals surface area (Å²) in [4.78, 5) is 11.7. The van der Waals surface area contributed by atoms with Crippen molar-refractivity contribution in [2.24, 2.45) is 5.10 Å². The first-order chi connectivity index (χ1) is 8.25. The van der Waals surface area contributed by atoms with Gasteiger partial charge in [-0.15, -0.1) is 0 Å². The van der Waals surface area contributed by atoms with Crippen LogP contribution in [0, 0.1) is 0 Å². The van der Waals surface area contributed by atoms with Crippen molar-refractivity contribution in [3.63, 3.8) is 0 Å². The summed E-state index contributed by atoms with van der Waals surface area (Å²) < 4.78 is 0.868. The topological polar surface area (TPSA) is 41.5 Å². The zero-order chi connectivity index (χ0) is 12.1. The number of amides is 1. The molecule has 0 fully saturated rings. The molecule has 2 rings (SSSR count). The van der Waals surface area contributed by atoms with Gasteiger partial charge < -0.3 is 0 Å². The van der Waals surface area contributed by atoms with Gasteiger partial charge in [0.25, 0.3) is 5.91 Å². The third-order valence-electron chi connectivity index (χ3n) is 2.01. The summed E-state index contributed by atoms with van der Waals surface area (Å²) in [5, 5.41) is 7.80. The van der Waals surface area contributed by atoms with Crippen LogP contribution in [0.4, 0.5) is 0 Å². The van der Waals surface area contributed by atoms with Gasteiger partial charge in [0.05, 0.1) is 6.21 Å². The quantitative estimate of drug-likeness (QED) is 0.686. The molecule has 0 aliphatic heterocycles. The van der Waals surface area contributed by atoms with Gasteiger partial charge >= 0.3 is 0 Å². The molecule has 2 aromatic rings. The molecule has 0 radical (unpaired) electrons. The number of halogens is 1. The molecule has 1 N–H and O–H groups in total. The maximum atomic E-state index is 11.7. The van der Waals surface area contributed by atoms with Gasteiger partial charge in [0.2, 0.25) is 0 Å². The molecule has 1 heterocycles. The highest BCUT2D eigenvalue weighted by atomic mass is 79.9. The van der Waals surface area contributed by atoms with E-state index in [1.165, 1.54) is 0 Å². The minimum absolute atomic E-state index is 0.224. The largest absolute Gasteiger partial charge is 0.271 e. The Hall–Kier alpha value is -1.46. The van der Waals surface area contributed by atoms with E-state index in [0.717, 1.165) is 10.0 Å². The van der Waals surface area contributed by atoms with Gasteiger partial charge in [-0.2, -0.15) is 16.4 Å². The molecule has 0 bridgehead atoms. The Morgan fingerprint density at radius 3 is 3.00 bits per heavy atom. The molecule has 1 aromatic heterocycles. The Labute approximate surface area is 111 Å². The van der Waals surface area contributed by atoms with Crippen LogP contribution in [0.1, 0.15) is 15.9 Å². The average Bonchev–Trinajstić information content (AvgIpc) is 2.82. The number of hydrogen-bond donors (Lipinski definition) is 1. The smallest absolute Gasteiger partial charge is 0.267 e. The molecule has 17 heavy (non-hydrogen) atoms. The summed E-state index contributed by atoms with van der Waals surface area (Å²) in [5.41, 5.74) is 4.03. The molecule has 0 aliphatic rings. The van der Waals surface area contributed by atoms with Crippen LogP contribution in [-0.4, -0.2) is 12.1 Å². The Morgan fingerprint density at radius 2 is 2.29 bits per heavy atom. The van der Waals surface area contributed by atoms with E-state index in [2.05, 4.69) is 26.5 Å². The highest BCUT2D eigenvalue weighted by Gasteiger charge is 2.03. The summed E-state index contributed by atoms with van der Waals surface area (Å²) in [6.45, 7) is 0. The third kappa shape index (κ3) is 3.51. The fourth-order valence-electron chi connectivity index (χ4n) is 1.21. The number of carbonyl (C=O) groups is 1. The van der Waals surface area contributed by atoms with Crippen LogP contribution in [0.5, 0.6) is 0 Å². The van der Waals surface area contributed by atoms with Crippen molar-refractivity contribution in [1.82, 2.24) is 5.43 Å². The van der Waals surface area contributed by atoms with Gasteiger partial charge in [0, 0.05) is 15.6 Å². The fraction of sp³-hybridized carbons (Fsp3) is 0. The van der Waals surface area contributed by atoms with Crippen molar-refractivity contribution in [2.45, 2.75) is 0 Å². The fourth-order valence-corrected chi connectivity index (χ4v) is 2.22. The number of hydrazone groups is 1. The van der Waals surface area contributed by atoms with E-state index >= 15 is 0 Å². The summed E-state index contributed by atoms with van der Waals surface area (Å²) >= 11 is 4.90. The molecule has 0 atom stereocenters. The van der Waals surface area contributed by atoms with Crippen LogP contribution in [0.2, 0.25) is 0 Å². The second-order valence-electron chi connectivity index (χ2n) is 3.27. The molecule has 5 heteroatoms. The summed E-state index contributed by atoms with van der Waals surface area (Å²) in [7, 11) is 0. The van der Waals surface area contributed by atoms with E-state index in [9.17, 15) is 4.79 Å². The number of carbonyl (C=O) groups excluding carboxylic acids is 1.